The maximum Gasteiger partial charge on any atom is 0.246 e. The molecule has 2 amide bonds. The van der Waals surface area contributed by atoms with E-state index < -0.39 is 11.6 Å². The third-order valence-corrected chi connectivity index (χ3v) is 4.11. The first kappa shape index (κ1) is 13.3. The van der Waals surface area contributed by atoms with Crippen molar-refractivity contribution in [3.63, 3.8) is 0 Å². The van der Waals surface area contributed by atoms with Gasteiger partial charge in [-0.1, -0.05) is 0 Å². The minimum absolute atomic E-state index is 0.00508. The van der Waals surface area contributed by atoms with Crippen molar-refractivity contribution in [1.29, 1.82) is 0 Å². The van der Waals surface area contributed by atoms with Crippen molar-refractivity contribution in [2.45, 2.75) is 44.7 Å². The lowest BCUT2D eigenvalue weighted by Gasteiger charge is -2.46. The van der Waals surface area contributed by atoms with Crippen LogP contribution in [-0.4, -0.2) is 48.6 Å². The number of methoxy groups -OCH3 is 1. The standard InChI is InChI=1S/C13H22N2O3/c1-9-11(16)15(7-4-8-18-3)13(2,10-5-6-10)12(17)14-9/h9-10H,4-8H2,1-3H3,(H,14,17). The summed E-state index contributed by atoms with van der Waals surface area (Å²) in [6.07, 6.45) is 2.84. The molecule has 1 saturated heterocycles. The van der Waals surface area contributed by atoms with Crippen LogP contribution in [0.15, 0.2) is 0 Å². The van der Waals surface area contributed by atoms with Crippen LogP contribution in [0.25, 0.3) is 0 Å². The Hall–Kier alpha value is -1.10. The summed E-state index contributed by atoms with van der Waals surface area (Å²) in [5.41, 5.74) is -0.655. The summed E-state index contributed by atoms with van der Waals surface area (Å²) in [4.78, 5) is 26.3. The number of hydrogen-bond acceptors (Lipinski definition) is 3. The largest absolute Gasteiger partial charge is 0.385 e. The van der Waals surface area contributed by atoms with Crippen LogP contribution in [0, 0.1) is 5.92 Å². The normalized spacial score (nSPS) is 32.6. The Labute approximate surface area is 108 Å². The van der Waals surface area contributed by atoms with Gasteiger partial charge in [-0.15, -0.1) is 0 Å². The van der Waals surface area contributed by atoms with Crippen molar-refractivity contribution < 1.29 is 14.3 Å². The monoisotopic (exact) mass is 254 g/mol. The average Bonchev–Trinajstić information content (AvgIpc) is 3.15. The van der Waals surface area contributed by atoms with Crippen LogP contribution in [0.3, 0.4) is 0 Å². The van der Waals surface area contributed by atoms with E-state index in [0.29, 0.717) is 19.1 Å². The molecule has 0 spiro atoms. The van der Waals surface area contributed by atoms with Gasteiger partial charge in [-0.25, -0.2) is 0 Å². The Morgan fingerprint density at radius 3 is 2.67 bits per heavy atom. The molecule has 18 heavy (non-hydrogen) atoms. The first-order valence-corrected chi connectivity index (χ1v) is 6.63. The molecule has 2 rings (SSSR count). The first-order valence-electron chi connectivity index (χ1n) is 6.63. The highest BCUT2D eigenvalue weighted by Gasteiger charge is 2.56. The number of amides is 2. The zero-order valence-corrected chi connectivity index (χ0v) is 11.4. The molecular weight excluding hydrogens is 232 g/mol. The highest BCUT2D eigenvalue weighted by Crippen LogP contribution is 2.44. The summed E-state index contributed by atoms with van der Waals surface area (Å²) in [6, 6.07) is -0.410. The molecule has 2 atom stereocenters. The molecule has 1 N–H and O–H groups in total. The number of rotatable bonds is 5. The van der Waals surface area contributed by atoms with Gasteiger partial charge in [0, 0.05) is 20.3 Å². The third kappa shape index (κ3) is 2.11. The van der Waals surface area contributed by atoms with E-state index in [9.17, 15) is 9.59 Å². The van der Waals surface area contributed by atoms with Gasteiger partial charge in [0.1, 0.15) is 11.6 Å². The second-order valence-electron chi connectivity index (χ2n) is 5.45. The van der Waals surface area contributed by atoms with E-state index in [-0.39, 0.29) is 11.8 Å². The molecule has 2 aliphatic rings. The van der Waals surface area contributed by atoms with E-state index in [2.05, 4.69) is 5.32 Å². The van der Waals surface area contributed by atoms with Crippen LogP contribution in [0.1, 0.15) is 33.1 Å². The van der Waals surface area contributed by atoms with Gasteiger partial charge in [0.2, 0.25) is 11.8 Å². The second kappa shape index (κ2) is 4.88. The summed E-state index contributed by atoms with van der Waals surface area (Å²) in [5, 5.41) is 2.80. The Bertz CT molecular complexity index is 354. The fourth-order valence-corrected chi connectivity index (χ4v) is 2.75. The van der Waals surface area contributed by atoms with Crippen molar-refractivity contribution in [3.05, 3.63) is 0 Å². The van der Waals surface area contributed by atoms with Gasteiger partial charge < -0.3 is 15.0 Å². The molecular formula is C13H22N2O3. The fraction of sp³-hybridized carbons (Fsp3) is 0.846. The van der Waals surface area contributed by atoms with Gasteiger partial charge in [-0.2, -0.15) is 0 Å². The van der Waals surface area contributed by atoms with E-state index in [4.69, 9.17) is 4.74 Å². The predicted molar refractivity (Wildman–Crippen MR) is 66.9 cm³/mol. The maximum absolute atomic E-state index is 12.3. The lowest BCUT2D eigenvalue weighted by atomic mass is 9.88. The van der Waals surface area contributed by atoms with E-state index in [1.165, 1.54) is 0 Å². The fourth-order valence-electron chi connectivity index (χ4n) is 2.75. The van der Waals surface area contributed by atoms with Gasteiger partial charge in [0.15, 0.2) is 0 Å². The van der Waals surface area contributed by atoms with Gasteiger partial charge in [-0.05, 0) is 39.0 Å². The van der Waals surface area contributed by atoms with Crippen LogP contribution in [0.4, 0.5) is 0 Å². The van der Waals surface area contributed by atoms with Crippen LogP contribution in [0.5, 0.6) is 0 Å². The Kier molecular flexibility index (Phi) is 3.61. The van der Waals surface area contributed by atoms with Crippen LogP contribution in [-0.2, 0) is 14.3 Å². The van der Waals surface area contributed by atoms with Crippen molar-refractivity contribution >= 4 is 11.8 Å². The van der Waals surface area contributed by atoms with Crippen molar-refractivity contribution in [2.24, 2.45) is 5.92 Å². The average molecular weight is 254 g/mol. The molecule has 1 heterocycles. The van der Waals surface area contributed by atoms with Gasteiger partial charge in [0.05, 0.1) is 0 Å². The molecule has 1 aliphatic heterocycles. The predicted octanol–water partition coefficient (Wildman–Crippen LogP) is 0.538. The summed E-state index contributed by atoms with van der Waals surface area (Å²) < 4.78 is 5.03. The lowest BCUT2D eigenvalue weighted by molar-refractivity contribution is -0.157. The zero-order chi connectivity index (χ0) is 13.3. The molecule has 0 radical (unpaired) electrons. The van der Waals surface area contributed by atoms with Gasteiger partial charge in [-0.3, -0.25) is 9.59 Å². The molecule has 2 fully saturated rings. The molecule has 0 bridgehead atoms. The Balaban J connectivity index is 2.16. The number of nitrogens with one attached hydrogen (secondary N) is 1. The third-order valence-electron chi connectivity index (χ3n) is 4.11. The van der Waals surface area contributed by atoms with Crippen molar-refractivity contribution in [3.8, 4) is 0 Å². The molecule has 1 saturated carbocycles. The zero-order valence-electron chi connectivity index (χ0n) is 11.4. The molecule has 2 unspecified atom stereocenters. The van der Waals surface area contributed by atoms with E-state index in [1.807, 2.05) is 6.92 Å². The SMILES string of the molecule is COCCCN1C(=O)C(C)NC(=O)C1(C)C1CC1. The molecule has 5 heteroatoms. The highest BCUT2D eigenvalue weighted by molar-refractivity contribution is 5.99. The first-order chi connectivity index (χ1) is 8.51. The summed E-state index contributed by atoms with van der Waals surface area (Å²) >= 11 is 0. The maximum atomic E-state index is 12.3. The smallest absolute Gasteiger partial charge is 0.246 e. The Morgan fingerprint density at radius 2 is 2.11 bits per heavy atom. The number of piperazine rings is 1. The summed E-state index contributed by atoms with van der Waals surface area (Å²) in [5.74, 6) is 0.339. The number of hydrogen-bond donors (Lipinski definition) is 1. The van der Waals surface area contributed by atoms with E-state index >= 15 is 0 Å². The molecule has 0 aromatic carbocycles. The quantitative estimate of drug-likeness (QED) is 0.728. The highest BCUT2D eigenvalue weighted by atomic mass is 16.5. The topological polar surface area (TPSA) is 58.6 Å². The molecule has 0 aromatic rings. The number of carbonyl (C=O) groups is 2. The van der Waals surface area contributed by atoms with E-state index in [1.54, 1.807) is 18.9 Å². The minimum atomic E-state index is -0.655. The van der Waals surface area contributed by atoms with Crippen molar-refractivity contribution in [1.82, 2.24) is 10.2 Å². The van der Waals surface area contributed by atoms with Gasteiger partial charge in [0.25, 0.3) is 0 Å². The number of carbonyl (C=O) groups excluding carboxylic acids is 2. The van der Waals surface area contributed by atoms with Crippen LogP contribution in [0.2, 0.25) is 0 Å². The molecule has 1 aliphatic carbocycles. The lowest BCUT2D eigenvalue weighted by Crippen LogP contribution is -2.70. The van der Waals surface area contributed by atoms with Crippen molar-refractivity contribution in [2.75, 3.05) is 20.3 Å². The second-order valence-corrected chi connectivity index (χ2v) is 5.45. The van der Waals surface area contributed by atoms with Crippen LogP contribution >= 0.6 is 0 Å². The minimum Gasteiger partial charge on any atom is -0.385 e. The molecule has 0 aromatic heterocycles. The summed E-state index contributed by atoms with van der Waals surface area (Å²) in [7, 11) is 1.65. The Morgan fingerprint density at radius 1 is 1.44 bits per heavy atom. The van der Waals surface area contributed by atoms with Gasteiger partial charge >= 0.3 is 0 Å². The molecule has 102 valence electrons. The number of ether oxygens (including phenoxy) is 1. The molecule has 5 nitrogen and oxygen atoms in total. The number of nitrogens with zero attached hydrogens (tertiary/aromatic N) is 1. The van der Waals surface area contributed by atoms with E-state index in [0.717, 1.165) is 19.3 Å². The summed E-state index contributed by atoms with van der Waals surface area (Å²) in [6.45, 7) is 4.85. The van der Waals surface area contributed by atoms with Crippen LogP contribution < -0.4 is 5.32 Å².